The second kappa shape index (κ2) is 7.27. The number of aromatic hydroxyl groups is 1. The first-order chi connectivity index (χ1) is 13.9. The fraction of sp³-hybridized carbons (Fsp3) is 0.286. The molecule has 1 aromatic carbocycles. The molecule has 0 spiro atoms. The maximum atomic E-state index is 13.6. The summed E-state index contributed by atoms with van der Waals surface area (Å²) in [4.78, 5) is 25.9. The number of halogens is 2. The highest BCUT2D eigenvalue weighted by atomic mass is 19.1. The van der Waals surface area contributed by atoms with Gasteiger partial charge in [-0.25, -0.2) is 8.78 Å². The van der Waals surface area contributed by atoms with Gasteiger partial charge in [-0.05, 0) is 30.2 Å². The molecule has 1 aliphatic carbocycles. The first-order valence-electron chi connectivity index (χ1n) is 9.23. The van der Waals surface area contributed by atoms with Gasteiger partial charge in [0.1, 0.15) is 11.6 Å². The van der Waals surface area contributed by atoms with Gasteiger partial charge in [-0.15, -0.1) is 0 Å². The third-order valence-corrected chi connectivity index (χ3v) is 5.45. The summed E-state index contributed by atoms with van der Waals surface area (Å²) in [7, 11) is 1.58. The number of carbonyl (C=O) groups excluding carboxylic acids is 1. The lowest BCUT2D eigenvalue weighted by molar-refractivity contribution is 0.0685. The van der Waals surface area contributed by atoms with Crippen molar-refractivity contribution in [1.29, 1.82) is 0 Å². The molecule has 150 valence electrons. The van der Waals surface area contributed by atoms with Crippen LogP contribution in [-0.2, 0) is 0 Å². The number of hydrogen-bond acceptors (Lipinski definition) is 4. The average Bonchev–Trinajstić information content (AvgIpc) is 2.71. The van der Waals surface area contributed by atoms with E-state index < -0.39 is 23.1 Å². The standard InChI is InChI=1S/C21H19F2N3O3/c1-25-11-16(26-19(21(25)29)20(28)17(27)10-24-26)18(12-2-6-14(22)7-3-12)13-4-8-15(23)9-5-13/h2-4,6-8,10,16,18,28H,5,9,11H2,1H3. The molecular weight excluding hydrogens is 380 g/mol. The quantitative estimate of drug-likeness (QED) is 0.861. The van der Waals surface area contributed by atoms with E-state index in [0.717, 1.165) is 17.3 Å². The number of carbonyl (C=O) groups is 1. The van der Waals surface area contributed by atoms with Crippen LogP contribution in [0.4, 0.5) is 8.78 Å². The Morgan fingerprint density at radius 1 is 1.14 bits per heavy atom. The predicted octanol–water partition coefficient (Wildman–Crippen LogP) is 3.07. The van der Waals surface area contributed by atoms with E-state index in [4.69, 9.17) is 0 Å². The second-order valence-electron chi connectivity index (χ2n) is 7.29. The molecule has 0 saturated carbocycles. The van der Waals surface area contributed by atoms with Crippen LogP contribution in [0.15, 0.2) is 58.8 Å². The number of hydrogen-bond donors (Lipinski definition) is 1. The molecule has 2 aromatic rings. The molecule has 0 bridgehead atoms. The summed E-state index contributed by atoms with van der Waals surface area (Å²) < 4.78 is 28.5. The zero-order chi connectivity index (χ0) is 20.7. The largest absolute Gasteiger partial charge is 0.502 e. The third kappa shape index (κ3) is 3.35. The van der Waals surface area contributed by atoms with Crippen molar-refractivity contribution in [3.8, 4) is 5.75 Å². The maximum absolute atomic E-state index is 13.6. The minimum Gasteiger partial charge on any atom is -0.502 e. The Morgan fingerprint density at radius 2 is 1.86 bits per heavy atom. The van der Waals surface area contributed by atoms with E-state index in [1.807, 2.05) is 0 Å². The van der Waals surface area contributed by atoms with E-state index in [2.05, 4.69) is 5.10 Å². The lowest BCUT2D eigenvalue weighted by Crippen LogP contribution is -2.45. The molecule has 4 rings (SSSR count). The molecule has 1 aromatic heterocycles. The van der Waals surface area contributed by atoms with Gasteiger partial charge in [0, 0.05) is 25.9 Å². The smallest absolute Gasteiger partial charge is 0.275 e. The zero-order valence-electron chi connectivity index (χ0n) is 15.7. The number of nitrogens with zero attached hydrogens (tertiary/aromatic N) is 3. The van der Waals surface area contributed by atoms with Crippen LogP contribution in [0, 0.1) is 5.82 Å². The third-order valence-electron chi connectivity index (χ3n) is 5.45. The fourth-order valence-corrected chi connectivity index (χ4v) is 4.02. The van der Waals surface area contributed by atoms with Gasteiger partial charge in [-0.3, -0.25) is 14.3 Å². The summed E-state index contributed by atoms with van der Waals surface area (Å²) in [6.45, 7) is 0.257. The molecule has 1 N–H and O–H groups in total. The summed E-state index contributed by atoms with van der Waals surface area (Å²) in [5, 5.41) is 14.4. The van der Waals surface area contributed by atoms with Gasteiger partial charge in [0.25, 0.3) is 5.91 Å². The van der Waals surface area contributed by atoms with Crippen molar-refractivity contribution in [2.45, 2.75) is 24.8 Å². The van der Waals surface area contributed by atoms with Gasteiger partial charge < -0.3 is 10.0 Å². The molecule has 6 nitrogen and oxygen atoms in total. The predicted molar refractivity (Wildman–Crippen MR) is 102 cm³/mol. The van der Waals surface area contributed by atoms with Gasteiger partial charge in [0.2, 0.25) is 5.43 Å². The minimum atomic E-state index is -0.737. The average molecular weight is 399 g/mol. The molecule has 29 heavy (non-hydrogen) atoms. The van der Waals surface area contributed by atoms with Crippen molar-refractivity contribution in [1.82, 2.24) is 14.7 Å². The van der Waals surface area contributed by atoms with E-state index in [-0.39, 0.29) is 36.2 Å². The first kappa shape index (κ1) is 19.0. The van der Waals surface area contributed by atoms with E-state index in [0.29, 0.717) is 6.42 Å². The Balaban J connectivity index is 1.91. The molecule has 0 saturated heterocycles. The Hall–Kier alpha value is -3.29. The molecule has 0 fully saturated rings. The van der Waals surface area contributed by atoms with Crippen LogP contribution in [0.5, 0.6) is 5.75 Å². The number of allylic oxidation sites excluding steroid dienone is 4. The molecular formula is C21H19F2N3O3. The highest BCUT2D eigenvalue weighted by molar-refractivity contribution is 5.95. The number of fused-ring (bicyclic) bond motifs is 1. The van der Waals surface area contributed by atoms with Gasteiger partial charge in [0.05, 0.1) is 12.2 Å². The molecule has 2 atom stereocenters. The lowest BCUT2D eigenvalue weighted by atomic mass is 9.80. The van der Waals surface area contributed by atoms with Crippen LogP contribution >= 0.6 is 0 Å². The van der Waals surface area contributed by atoms with Crippen molar-refractivity contribution in [3.63, 3.8) is 0 Å². The van der Waals surface area contributed by atoms with Gasteiger partial charge in [-0.1, -0.05) is 23.8 Å². The summed E-state index contributed by atoms with van der Waals surface area (Å²) in [5.41, 5.74) is 0.754. The van der Waals surface area contributed by atoms with Crippen molar-refractivity contribution in [3.05, 3.63) is 81.3 Å². The van der Waals surface area contributed by atoms with E-state index in [9.17, 15) is 23.5 Å². The SMILES string of the molecule is CN1CC(C(C2=CC=C(F)CC2)c2ccc(F)cc2)n2ncc(=O)c(O)c2C1=O. The molecule has 2 heterocycles. The number of likely N-dealkylation sites (N-methyl/N-ethyl adjacent to an activating group) is 1. The Morgan fingerprint density at radius 3 is 2.52 bits per heavy atom. The second-order valence-corrected chi connectivity index (χ2v) is 7.29. The Labute approximate surface area is 165 Å². The number of aromatic nitrogens is 2. The highest BCUT2D eigenvalue weighted by Crippen LogP contribution is 2.42. The number of rotatable bonds is 3. The maximum Gasteiger partial charge on any atom is 0.275 e. The van der Waals surface area contributed by atoms with Gasteiger partial charge in [-0.2, -0.15) is 5.10 Å². The first-order valence-corrected chi connectivity index (χ1v) is 9.23. The summed E-state index contributed by atoms with van der Waals surface area (Å²) in [6, 6.07) is 5.52. The Bertz CT molecular complexity index is 1090. The van der Waals surface area contributed by atoms with Gasteiger partial charge in [0.15, 0.2) is 11.4 Å². The molecule has 0 radical (unpaired) electrons. The van der Waals surface area contributed by atoms with Crippen molar-refractivity contribution >= 4 is 5.91 Å². The monoisotopic (exact) mass is 399 g/mol. The number of amides is 1. The number of benzene rings is 1. The molecule has 2 unspecified atom stereocenters. The molecule has 8 heteroatoms. The van der Waals surface area contributed by atoms with E-state index >= 15 is 0 Å². The molecule has 2 aliphatic rings. The van der Waals surface area contributed by atoms with Gasteiger partial charge >= 0.3 is 0 Å². The normalized spacial score (nSPS) is 20.0. The summed E-state index contributed by atoms with van der Waals surface area (Å²) in [5.74, 6) is -2.12. The molecule has 1 amide bonds. The molecule has 1 aliphatic heterocycles. The van der Waals surface area contributed by atoms with Crippen LogP contribution in [0.3, 0.4) is 0 Å². The highest BCUT2D eigenvalue weighted by Gasteiger charge is 2.39. The van der Waals surface area contributed by atoms with Crippen molar-refractivity contribution < 1.29 is 18.7 Å². The van der Waals surface area contributed by atoms with Crippen LogP contribution in [0.2, 0.25) is 0 Å². The fourth-order valence-electron chi connectivity index (χ4n) is 4.02. The topological polar surface area (TPSA) is 75.4 Å². The summed E-state index contributed by atoms with van der Waals surface area (Å²) in [6.07, 6.45) is 4.79. The zero-order valence-corrected chi connectivity index (χ0v) is 15.7. The minimum absolute atomic E-state index is 0.179. The lowest BCUT2D eigenvalue weighted by Gasteiger charge is -2.38. The van der Waals surface area contributed by atoms with Crippen LogP contribution in [-0.4, -0.2) is 39.3 Å². The van der Waals surface area contributed by atoms with E-state index in [1.54, 1.807) is 25.3 Å². The summed E-state index contributed by atoms with van der Waals surface area (Å²) >= 11 is 0. The van der Waals surface area contributed by atoms with Crippen LogP contribution in [0.1, 0.15) is 40.9 Å². The van der Waals surface area contributed by atoms with Crippen molar-refractivity contribution in [2.24, 2.45) is 0 Å². The van der Waals surface area contributed by atoms with E-state index in [1.165, 1.54) is 27.8 Å². The van der Waals surface area contributed by atoms with Crippen LogP contribution in [0.25, 0.3) is 0 Å². The van der Waals surface area contributed by atoms with Crippen LogP contribution < -0.4 is 5.43 Å². The van der Waals surface area contributed by atoms with Crippen molar-refractivity contribution in [2.75, 3.05) is 13.6 Å². The Kier molecular flexibility index (Phi) is 4.77.